The van der Waals surface area contributed by atoms with Crippen molar-refractivity contribution in [1.82, 2.24) is 19.7 Å². The van der Waals surface area contributed by atoms with Crippen LogP contribution in [0.15, 0.2) is 60.8 Å². The molecule has 2 aromatic heterocycles. The molecular weight excluding hydrogens is 547 g/mol. The number of benzene rings is 2. The first kappa shape index (κ1) is 28.7. The SMILES string of the molecule is Cc1ccc(-n2nc(CCF)cc2NC(=O)Nc2cnc(N3CCN(C(=O)c4c(F)cccc4F)CC3)c(C)c2)cc1. The van der Waals surface area contributed by atoms with Crippen molar-refractivity contribution < 1.29 is 22.8 Å². The maximum absolute atomic E-state index is 14.1. The van der Waals surface area contributed by atoms with Crippen LogP contribution in [0.2, 0.25) is 0 Å². The first-order valence-electron chi connectivity index (χ1n) is 13.5. The lowest BCUT2D eigenvalue weighted by Crippen LogP contribution is -2.49. The molecule has 218 valence electrons. The molecule has 3 amide bonds. The molecule has 2 N–H and O–H groups in total. The normalized spacial score (nSPS) is 13.3. The molecule has 0 saturated carbocycles. The van der Waals surface area contributed by atoms with E-state index in [2.05, 4.69) is 20.7 Å². The average molecular weight is 578 g/mol. The quantitative estimate of drug-likeness (QED) is 0.312. The summed E-state index contributed by atoms with van der Waals surface area (Å²) in [5.41, 5.74) is 3.02. The van der Waals surface area contributed by atoms with Crippen molar-refractivity contribution in [3.63, 3.8) is 0 Å². The Hall–Kier alpha value is -4.87. The van der Waals surface area contributed by atoms with Gasteiger partial charge in [-0.2, -0.15) is 5.10 Å². The third-order valence-electron chi connectivity index (χ3n) is 6.98. The van der Waals surface area contributed by atoms with Gasteiger partial charge in [0, 0.05) is 38.7 Å². The Balaban J connectivity index is 1.22. The number of nitrogens with zero attached hydrogens (tertiary/aromatic N) is 5. The molecule has 0 spiro atoms. The maximum Gasteiger partial charge on any atom is 0.324 e. The van der Waals surface area contributed by atoms with Gasteiger partial charge in [-0.05, 0) is 49.7 Å². The molecule has 1 saturated heterocycles. The Labute approximate surface area is 241 Å². The van der Waals surface area contributed by atoms with E-state index in [1.54, 1.807) is 16.8 Å². The van der Waals surface area contributed by atoms with Crippen LogP contribution in [0.3, 0.4) is 0 Å². The van der Waals surface area contributed by atoms with Gasteiger partial charge in [0.15, 0.2) is 0 Å². The summed E-state index contributed by atoms with van der Waals surface area (Å²) < 4.78 is 42.7. The lowest BCUT2D eigenvalue weighted by Gasteiger charge is -2.36. The molecule has 9 nitrogen and oxygen atoms in total. The summed E-state index contributed by atoms with van der Waals surface area (Å²) in [5.74, 6) is -1.37. The molecule has 1 aliphatic rings. The largest absolute Gasteiger partial charge is 0.353 e. The number of rotatable bonds is 7. The van der Waals surface area contributed by atoms with Crippen LogP contribution in [0.5, 0.6) is 0 Å². The number of aromatic nitrogens is 3. The van der Waals surface area contributed by atoms with Gasteiger partial charge in [-0.1, -0.05) is 23.8 Å². The molecule has 3 heterocycles. The number of amides is 3. The fourth-order valence-electron chi connectivity index (χ4n) is 4.85. The predicted molar refractivity (Wildman–Crippen MR) is 154 cm³/mol. The van der Waals surface area contributed by atoms with Crippen LogP contribution in [0.1, 0.15) is 27.2 Å². The minimum atomic E-state index is -0.883. The fourth-order valence-corrected chi connectivity index (χ4v) is 4.85. The molecular formula is C30H30F3N7O2. The van der Waals surface area contributed by atoms with Crippen LogP contribution < -0.4 is 15.5 Å². The predicted octanol–water partition coefficient (Wildman–Crippen LogP) is 5.28. The molecule has 4 aromatic rings. The van der Waals surface area contributed by atoms with E-state index in [4.69, 9.17) is 0 Å². The minimum absolute atomic E-state index is 0.127. The zero-order chi connectivity index (χ0) is 29.8. The Kier molecular flexibility index (Phi) is 8.41. The molecule has 0 bridgehead atoms. The number of piperazine rings is 1. The second-order valence-corrected chi connectivity index (χ2v) is 10.0. The number of carbonyl (C=O) groups is 2. The van der Waals surface area contributed by atoms with E-state index in [9.17, 15) is 22.8 Å². The Bertz CT molecular complexity index is 1580. The summed E-state index contributed by atoms with van der Waals surface area (Å²) >= 11 is 0. The second-order valence-electron chi connectivity index (χ2n) is 10.0. The van der Waals surface area contributed by atoms with E-state index >= 15 is 0 Å². The summed E-state index contributed by atoms with van der Waals surface area (Å²) in [7, 11) is 0. The first-order valence-corrected chi connectivity index (χ1v) is 13.5. The van der Waals surface area contributed by atoms with Gasteiger partial charge in [-0.15, -0.1) is 0 Å². The maximum atomic E-state index is 14.1. The highest BCUT2D eigenvalue weighted by atomic mass is 19.1. The van der Waals surface area contributed by atoms with Gasteiger partial charge in [0.05, 0.1) is 29.9 Å². The number of carbonyl (C=O) groups excluding carboxylic acids is 2. The molecule has 12 heteroatoms. The summed E-state index contributed by atoms with van der Waals surface area (Å²) in [6.07, 6.45) is 1.65. The van der Waals surface area contributed by atoms with Crippen molar-refractivity contribution in [2.24, 2.45) is 0 Å². The van der Waals surface area contributed by atoms with Crippen LogP contribution in [0.25, 0.3) is 5.69 Å². The van der Waals surface area contributed by atoms with Crippen molar-refractivity contribution in [3.8, 4) is 5.69 Å². The number of hydrogen-bond donors (Lipinski definition) is 2. The molecule has 1 fully saturated rings. The van der Waals surface area contributed by atoms with E-state index in [1.807, 2.05) is 43.0 Å². The van der Waals surface area contributed by atoms with Crippen molar-refractivity contribution in [1.29, 1.82) is 0 Å². The molecule has 42 heavy (non-hydrogen) atoms. The highest BCUT2D eigenvalue weighted by Gasteiger charge is 2.27. The number of halogens is 3. The van der Waals surface area contributed by atoms with E-state index in [1.165, 1.54) is 17.2 Å². The number of aryl methyl sites for hydroxylation is 3. The van der Waals surface area contributed by atoms with Crippen LogP contribution in [-0.4, -0.2) is 64.5 Å². The zero-order valence-corrected chi connectivity index (χ0v) is 23.2. The van der Waals surface area contributed by atoms with Crippen LogP contribution in [0.4, 0.5) is 35.3 Å². The van der Waals surface area contributed by atoms with Gasteiger partial charge in [0.2, 0.25) is 0 Å². The van der Waals surface area contributed by atoms with Crippen molar-refractivity contribution in [3.05, 3.63) is 94.8 Å². The Morgan fingerprint density at radius 3 is 2.26 bits per heavy atom. The van der Waals surface area contributed by atoms with E-state index in [0.717, 1.165) is 28.9 Å². The summed E-state index contributed by atoms with van der Waals surface area (Å²) in [6.45, 7) is 4.65. The van der Waals surface area contributed by atoms with Crippen molar-refractivity contribution >= 4 is 29.3 Å². The lowest BCUT2D eigenvalue weighted by atomic mass is 10.1. The van der Waals surface area contributed by atoms with E-state index < -0.39 is 35.8 Å². The summed E-state index contributed by atoms with van der Waals surface area (Å²) in [4.78, 5) is 33.5. The van der Waals surface area contributed by atoms with Crippen molar-refractivity contribution in [2.75, 3.05) is 48.4 Å². The van der Waals surface area contributed by atoms with Crippen LogP contribution in [0, 0.1) is 25.5 Å². The number of hydrogen-bond acceptors (Lipinski definition) is 5. The number of nitrogens with one attached hydrogen (secondary N) is 2. The van der Waals surface area contributed by atoms with Gasteiger partial charge in [-0.3, -0.25) is 14.5 Å². The van der Waals surface area contributed by atoms with Crippen LogP contribution in [-0.2, 0) is 6.42 Å². The number of urea groups is 1. The summed E-state index contributed by atoms with van der Waals surface area (Å²) in [6, 6.07) is 13.8. The van der Waals surface area contributed by atoms with Gasteiger partial charge in [-0.25, -0.2) is 23.2 Å². The lowest BCUT2D eigenvalue weighted by molar-refractivity contribution is 0.0736. The smallest absolute Gasteiger partial charge is 0.324 e. The Morgan fingerprint density at radius 2 is 1.62 bits per heavy atom. The van der Waals surface area contributed by atoms with E-state index in [0.29, 0.717) is 36.1 Å². The molecule has 0 atom stereocenters. The van der Waals surface area contributed by atoms with E-state index in [-0.39, 0.29) is 19.5 Å². The van der Waals surface area contributed by atoms with Crippen molar-refractivity contribution in [2.45, 2.75) is 20.3 Å². The molecule has 0 aliphatic carbocycles. The van der Waals surface area contributed by atoms with Gasteiger partial charge in [0.1, 0.15) is 28.8 Å². The zero-order valence-electron chi connectivity index (χ0n) is 23.2. The minimum Gasteiger partial charge on any atom is -0.353 e. The molecule has 0 unspecified atom stereocenters. The first-order chi connectivity index (χ1) is 20.2. The molecule has 1 aliphatic heterocycles. The second kappa shape index (κ2) is 12.3. The number of anilines is 3. The van der Waals surface area contributed by atoms with Gasteiger partial charge in [0.25, 0.3) is 5.91 Å². The number of pyridine rings is 1. The average Bonchev–Trinajstić information content (AvgIpc) is 3.35. The standard InChI is InChI=1S/C30H30F3N7O2/c1-19-6-8-23(9-7-19)40-26(17-21(37-40)10-11-31)36-30(42)35-22-16-20(2)28(34-18-22)38-12-14-39(15-13-38)29(41)27-24(32)4-3-5-25(27)33/h3-9,16-18H,10-15H2,1-2H3,(H2,35,36,42). The summed E-state index contributed by atoms with van der Waals surface area (Å²) in [5, 5.41) is 9.99. The highest BCUT2D eigenvalue weighted by Crippen LogP contribution is 2.24. The van der Waals surface area contributed by atoms with Gasteiger partial charge >= 0.3 is 6.03 Å². The monoisotopic (exact) mass is 577 g/mol. The highest BCUT2D eigenvalue weighted by molar-refractivity contribution is 5.99. The third kappa shape index (κ3) is 6.22. The molecule has 0 radical (unpaired) electrons. The number of alkyl halides is 1. The molecule has 2 aromatic carbocycles. The van der Waals surface area contributed by atoms with Crippen LogP contribution >= 0.6 is 0 Å². The fraction of sp³-hybridized carbons (Fsp3) is 0.267. The Morgan fingerprint density at radius 1 is 0.929 bits per heavy atom. The third-order valence-corrected chi connectivity index (χ3v) is 6.98. The topological polar surface area (TPSA) is 95.4 Å². The van der Waals surface area contributed by atoms with Gasteiger partial charge < -0.3 is 15.1 Å². The molecule has 5 rings (SSSR count).